The lowest BCUT2D eigenvalue weighted by molar-refractivity contribution is -0.0546. The summed E-state index contributed by atoms with van der Waals surface area (Å²) < 4.78 is 5.45. The molecule has 0 spiro atoms. The SMILES string of the molecule is CCC(CC)OCC(C)(C)O. The van der Waals surface area contributed by atoms with Crippen molar-refractivity contribution in [2.75, 3.05) is 6.61 Å². The Kier molecular flexibility index (Phi) is 4.69. The minimum Gasteiger partial charge on any atom is -0.388 e. The molecule has 0 bridgehead atoms. The van der Waals surface area contributed by atoms with E-state index in [0.29, 0.717) is 12.7 Å². The Bertz CT molecular complexity index is 90.2. The van der Waals surface area contributed by atoms with E-state index in [2.05, 4.69) is 13.8 Å². The van der Waals surface area contributed by atoms with E-state index in [-0.39, 0.29) is 0 Å². The summed E-state index contributed by atoms with van der Waals surface area (Å²) in [6.07, 6.45) is 2.35. The Hall–Kier alpha value is -0.0800. The van der Waals surface area contributed by atoms with E-state index < -0.39 is 5.60 Å². The van der Waals surface area contributed by atoms with Gasteiger partial charge in [0.15, 0.2) is 0 Å². The zero-order valence-electron chi connectivity index (χ0n) is 8.05. The molecule has 0 saturated carbocycles. The summed E-state index contributed by atoms with van der Waals surface area (Å²) >= 11 is 0. The monoisotopic (exact) mass is 160 g/mol. The van der Waals surface area contributed by atoms with Crippen LogP contribution in [-0.4, -0.2) is 23.4 Å². The van der Waals surface area contributed by atoms with Crippen molar-refractivity contribution in [1.29, 1.82) is 0 Å². The van der Waals surface area contributed by atoms with Crippen molar-refractivity contribution in [3.05, 3.63) is 0 Å². The van der Waals surface area contributed by atoms with E-state index in [1.807, 2.05) is 0 Å². The van der Waals surface area contributed by atoms with Crippen molar-refractivity contribution < 1.29 is 9.84 Å². The van der Waals surface area contributed by atoms with Gasteiger partial charge in [-0.25, -0.2) is 0 Å². The zero-order valence-corrected chi connectivity index (χ0v) is 8.05. The molecule has 2 nitrogen and oxygen atoms in total. The van der Waals surface area contributed by atoms with E-state index in [4.69, 9.17) is 4.74 Å². The number of rotatable bonds is 5. The molecule has 11 heavy (non-hydrogen) atoms. The molecule has 0 atom stereocenters. The Morgan fingerprint density at radius 3 is 2.00 bits per heavy atom. The maximum absolute atomic E-state index is 9.33. The van der Waals surface area contributed by atoms with Crippen molar-refractivity contribution in [1.82, 2.24) is 0 Å². The average molecular weight is 160 g/mol. The van der Waals surface area contributed by atoms with Crippen molar-refractivity contribution in [3.8, 4) is 0 Å². The molecule has 0 unspecified atom stereocenters. The van der Waals surface area contributed by atoms with Crippen LogP contribution in [0, 0.1) is 0 Å². The van der Waals surface area contributed by atoms with E-state index in [9.17, 15) is 5.11 Å². The lowest BCUT2D eigenvalue weighted by Gasteiger charge is -2.21. The van der Waals surface area contributed by atoms with E-state index in [1.54, 1.807) is 13.8 Å². The van der Waals surface area contributed by atoms with Gasteiger partial charge in [-0.3, -0.25) is 0 Å². The standard InChI is InChI=1S/C9H20O2/c1-5-8(6-2)11-7-9(3,4)10/h8,10H,5-7H2,1-4H3. The van der Waals surface area contributed by atoms with Crippen LogP contribution in [0.2, 0.25) is 0 Å². The highest BCUT2D eigenvalue weighted by molar-refractivity contribution is 4.64. The molecule has 0 heterocycles. The summed E-state index contributed by atoms with van der Waals surface area (Å²) in [5.41, 5.74) is -0.692. The summed E-state index contributed by atoms with van der Waals surface area (Å²) in [7, 11) is 0. The van der Waals surface area contributed by atoms with Gasteiger partial charge in [0.25, 0.3) is 0 Å². The van der Waals surface area contributed by atoms with Gasteiger partial charge >= 0.3 is 0 Å². The average Bonchev–Trinajstić information content (AvgIpc) is 1.88. The third-order valence-corrected chi connectivity index (χ3v) is 1.58. The van der Waals surface area contributed by atoms with Crippen LogP contribution in [0.15, 0.2) is 0 Å². The maximum atomic E-state index is 9.33. The number of hydrogen-bond acceptors (Lipinski definition) is 2. The minimum absolute atomic E-state index is 0.307. The zero-order chi connectivity index (χ0) is 8.91. The molecule has 0 rings (SSSR count). The summed E-state index contributed by atoms with van der Waals surface area (Å²) in [5.74, 6) is 0. The maximum Gasteiger partial charge on any atom is 0.0824 e. The molecule has 0 aromatic carbocycles. The Balaban J connectivity index is 3.51. The topological polar surface area (TPSA) is 29.5 Å². The highest BCUT2D eigenvalue weighted by Crippen LogP contribution is 2.08. The molecule has 0 aliphatic rings. The van der Waals surface area contributed by atoms with Gasteiger partial charge in [-0.05, 0) is 26.7 Å². The fourth-order valence-electron chi connectivity index (χ4n) is 0.846. The molecular formula is C9H20O2. The van der Waals surface area contributed by atoms with Gasteiger partial charge in [0.05, 0.1) is 18.3 Å². The second-order valence-electron chi connectivity index (χ2n) is 3.56. The second kappa shape index (κ2) is 4.73. The molecule has 2 heteroatoms. The van der Waals surface area contributed by atoms with E-state index in [1.165, 1.54) is 0 Å². The Morgan fingerprint density at radius 1 is 1.27 bits per heavy atom. The molecule has 1 N–H and O–H groups in total. The highest BCUT2D eigenvalue weighted by atomic mass is 16.5. The quantitative estimate of drug-likeness (QED) is 0.666. The fourth-order valence-corrected chi connectivity index (χ4v) is 0.846. The molecule has 0 aromatic heterocycles. The van der Waals surface area contributed by atoms with Crippen LogP contribution in [0.1, 0.15) is 40.5 Å². The van der Waals surface area contributed by atoms with Crippen LogP contribution >= 0.6 is 0 Å². The molecule has 0 aliphatic heterocycles. The second-order valence-corrected chi connectivity index (χ2v) is 3.56. The largest absolute Gasteiger partial charge is 0.388 e. The van der Waals surface area contributed by atoms with E-state index in [0.717, 1.165) is 12.8 Å². The van der Waals surface area contributed by atoms with Crippen molar-refractivity contribution in [2.45, 2.75) is 52.2 Å². The van der Waals surface area contributed by atoms with Crippen molar-refractivity contribution >= 4 is 0 Å². The van der Waals surface area contributed by atoms with Gasteiger partial charge in [0.2, 0.25) is 0 Å². The van der Waals surface area contributed by atoms with Gasteiger partial charge in [0.1, 0.15) is 0 Å². The molecule has 68 valence electrons. The summed E-state index contributed by atoms with van der Waals surface area (Å²) in [5, 5.41) is 9.33. The molecule has 0 radical (unpaired) electrons. The predicted molar refractivity (Wildman–Crippen MR) is 46.6 cm³/mol. The van der Waals surface area contributed by atoms with Gasteiger partial charge in [-0.2, -0.15) is 0 Å². The minimum atomic E-state index is -0.692. The first-order valence-electron chi connectivity index (χ1n) is 4.33. The third kappa shape index (κ3) is 6.32. The number of aliphatic hydroxyl groups is 1. The van der Waals surface area contributed by atoms with Crippen LogP contribution in [0.25, 0.3) is 0 Å². The van der Waals surface area contributed by atoms with E-state index >= 15 is 0 Å². The lowest BCUT2D eigenvalue weighted by Crippen LogP contribution is -2.29. The third-order valence-electron chi connectivity index (χ3n) is 1.58. The highest BCUT2D eigenvalue weighted by Gasteiger charge is 2.14. The van der Waals surface area contributed by atoms with Crippen molar-refractivity contribution in [2.24, 2.45) is 0 Å². The van der Waals surface area contributed by atoms with Crippen LogP contribution in [0.5, 0.6) is 0 Å². The number of ether oxygens (including phenoxy) is 1. The first-order chi connectivity index (χ1) is 4.99. The van der Waals surface area contributed by atoms with Gasteiger partial charge in [0, 0.05) is 0 Å². The Morgan fingerprint density at radius 2 is 1.73 bits per heavy atom. The molecule has 0 amide bonds. The van der Waals surface area contributed by atoms with Crippen LogP contribution in [0.4, 0.5) is 0 Å². The van der Waals surface area contributed by atoms with Crippen molar-refractivity contribution in [3.63, 3.8) is 0 Å². The predicted octanol–water partition coefficient (Wildman–Crippen LogP) is 1.96. The van der Waals surface area contributed by atoms with Crippen LogP contribution in [0.3, 0.4) is 0 Å². The first-order valence-corrected chi connectivity index (χ1v) is 4.33. The molecule has 0 aliphatic carbocycles. The lowest BCUT2D eigenvalue weighted by atomic mass is 10.1. The van der Waals surface area contributed by atoms with Gasteiger partial charge in [-0.15, -0.1) is 0 Å². The smallest absolute Gasteiger partial charge is 0.0824 e. The molecule has 0 saturated heterocycles. The molecule has 0 fully saturated rings. The van der Waals surface area contributed by atoms with Crippen LogP contribution < -0.4 is 0 Å². The summed E-state index contributed by atoms with van der Waals surface area (Å²) in [6, 6.07) is 0. The van der Waals surface area contributed by atoms with Crippen LogP contribution in [-0.2, 0) is 4.74 Å². The summed E-state index contributed by atoms with van der Waals surface area (Å²) in [4.78, 5) is 0. The molecular weight excluding hydrogens is 140 g/mol. The van der Waals surface area contributed by atoms with Gasteiger partial charge in [-0.1, -0.05) is 13.8 Å². The molecule has 0 aromatic rings. The first kappa shape index (κ1) is 10.9. The Labute approximate surface area is 69.6 Å². The number of hydrogen-bond donors (Lipinski definition) is 1. The fraction of sp³-hybridized carbons (Fsp3) is 1.00. The summed E-state index contributed by atoms with van der Waals surface area (Å²) in [6.45, 7) is 8.14. The van der Waals surface area contributed by atoms with Gasteiger partial charge < -0.3 is 9.84 Å². The normalized spacial score (nSPS) is 12.5.